The van der Waals surface area contributed by atoms with Crippen LogP contribution in [0.1, 0.15) is 17.6 Å². The number of benzene rings is 1. The van der Waals surface area contributed by atoms with Gasteiger partial charge in [-0.3, -0.25) is 9.88 Å². The van der Waals surface area contributed by atoms with Gasteiger partial charge in [0.25, 0.3) is 0 Å². The number of H-pyrrole nitrogens is 1. The summed E-state index contributed by atoms with van der Waals surface area (Å²) >= 11 is 0. The molecule has 134 valence electrons. The molecule has 26 heavy (non-hydrogen) atoms. The zero-order valence-corrected chi connectivity index (χ0v) is 14.0. The molecule has 1 atom stereocenters. The van der Waals surface area contributed by atoms with Crippen LogP contribution in [0.25, 0.3) is 11.3 Å². The molecule has 3 heterocycles. The number of nitrogens with zero attached hydrogens (tertiary/aromatic N) is 3. The summed E-state index contributed by atoms with van der Waals surface area (Å²) in [5.41, 5.74) is 1.77. The Balaban J connectivity index is 1.58. The third-order valence-electron chi connectivity index (χ3n) is 4.46. The van der Waals surface area contributed by atoms with Crippen molar-refractivity contribution >= 4 is 0 Å². The predicted molar refractivity (Wildman–Crippen MR) is 92.1 cm³/mol. The first-order chi connectivity index (χ1) is 12.7. The van der Waals surface area contributed by atoms with Crippen LogP contribution in [0.3, 0.4) is 0 Å². The third kappa shape index (κ3) is 3.49. The first-order valence-electron chi connectivity index (χ1n) is 8.43. The fourth-order valence-electron chi connectivity index (χ4n) is 3.13. The number of hydrogen-bond donors (Lipinski definition) is 1. The first kappa shape index (κ1) is 16.8. The number of aromatic amines is 1. The Hall–Kier alpha value is -2.64. The van der Waals surface area contributed by atoms with Crippen LogP contribution in [0.4, 0.5) is 8.78 Å². The Morgan fingerprint density at radius 3 is 2.92 bits per heavy atom. The molecular formula is C19H18F2N4O. The van der Waals surface area contributed by atoms with Gasteiger partial charge in [-0.15, -0.1) is 0 Å². The van der Waals surface area contributed by atoms with Crippen molar-refractivity contribution in [2.24, 2.45) is 0 Å². The lowest BCUT2D eigenvalue weighted by Crippen LogP contribution is -2.39. The summed E-state index contributed by atoms with van der Waals surface area (Å²) < 4.78 is 32.8. The number of halogens is 2. The van der Waals surface area contributed by atoms with Gasteiger partial charge in [-0.2, -0.15) is 0 Å². The molecule has 0 spiro atoms. The molecule has 0 bridgehead atoms. The summed E-state index contributed by atoms with van der Waals surface area (Å²) in [5.74, 6) is -0.530. The Morgan fingerprint density at radius 2 is 2.12 bits per heavy atom. The average molecular weight is 356 g/mol. The highest BCUT2D eigenvalue weighted by Crippen LogP contribution is 2.27. The monoisotopic (exact) mass is 356 g/mol. The fraction of sp³-hybridized carbons (Fsp3) is 0.263. The van der Waals surface area contributed by atoms with E-state index in [1.54, 1.807) is 12.4 Å². The van der Waals surface area contributed by atoms with Gasteiger partial charge in [-0.05, 0) is 24.3 Å². The Kier molecular flexibility index (Phi) is 4.73. The summed E-state index contributed by atoms with van der Waals surface area (Å²) in [6.45, 7) is 2.56. The van der Waals surface area contributed by atoms with Crippen LogP contribution in [-0.4, -0.2) is 39.6 Å². The number of morpholine rings is 1. The number of rotatable bonds is 4. The van der Waals surface area contributed by atoms with Crippen LogP contribution in [-0.2, 0) is 11.3 Å². The van der Waals surface area contributed by atoms with E-state index in [0.29, 0.717) is 31.3 Å². The summed E-state index contributed by atoms with van der Waals surface area (Å²) in [4.78, 5) is 14.2. The molecule has 1 aliphatic heterocycles. The van der Waals surface area contributed by atoms with Crippen LogP contribution in [0.2, 0.25) is 0 Å². The second-order valence-electron chi connectivity index (χ2n) is 6.19. The maximum absolute atomic E-state index is 14.0. The predicted octanol–water partition coefficient (Wildman–Crippen LogP) is 3.32. The van der Waals surface area contributed by atoms with E-state index in [0.717, 1.165) is 18.3 Å². The van der Waals surface area contributed by atoms with Gasteiger partial charge in [0.15, 0.2) is 0 Å². The maximum Gasteiger partial charge on any atom is 0.135 e. The topological polar surface area (TPSA) is 54.0 Å². The molecule has 3 aromatic rings. The van der Waals surface area contributed by atoms with Crippen molar-refractivity contribution in [2.75, 3.05) is 19.8 Å². The van der Waals surface area contributed by atoms with Gasteiger partial charge in [0.2, 0.25) is 0 Å². The molecule has 0 radical (unpaired) electrons. The summed E-state index contributed by atoms with van der Waals surface area (Å²) in [7, 11) is 0. The molecule has 0 saturated carbocycles. The minimum absolute atomic E-state index is 0.0805. The van der Waals surface area contributed by atoms with E-state index in [9.17, 15) is 8.78 Å². The second-order valence-corrected chi connectivity index (χ2v) is 6.19. The molecule has 0 aliphatic carbocycles. The Labute approximate surface area is 149 Å². The van der Waals surface area contributed by atoms with Gasteiger partial charge in [-0.25, -0.2) is 13.8 Å². The van der Waals surface area contributed by atoms with Crippen molar-refractivity contribution in [3.05, 3.63) is 71.9 Å². The molecule has 1 N–H and O–H groups in total. The maximum atomic E-state index is 14.0. The molecule has 1 aromatic carbocycles. The Morgan fingerprint density at radius 1 is 1.19 bits per heavy atom. The van der Waals surface area contributed by atoms with Crippen LogP contribution < -0.4 is 0 Å². The van der Waals surface area contributed by atoms with E-state index in [4.69, 9.17) is 4.74 Å². The summed E-state index contributed by atoms with van der Waals surface area (Å²) in [5, 5.41) is 0. The van der Waals surface area contributed by atoms with Crippen molar-refractivity contribution in [3.63, 3.8) is 0 Å². The molecule has 1 aliphatic rings. The second kappa shape index (κ2) is 7.31. The van der Waals surface area contributed by atoms with Gasteiger partial charge in [0, 0.05) is 30.9 Å². The van der Waals surface area contributed by atoms with E-state index in [1.165, 1.54) is 12.1 Å². The van der Waals surface area contributed by atoms with E-state index < -0.39 is 11.6 Å². The lowest BCUT2D eigenvalue weighted by molar-refractivity contribution is -0.0161. The number of hydrogen-bond acceptors (Lipinski definition) is 4. The van der Waals surface area contributed by atoms with Gasteiger partial charge < -0.3 is 9.72 Å². The number of imidazole rings is 1. The van der Waals surface area contributed by atoms with Crippen molar-refractivity contribution in [1.82, 2.24) is 19.9 Å². The van der Waals surface area contributed by atoms with Crippen molar-refractivity contribution in [1.29, 1.82) is 0 Å². The number of pyridine rings is 1. The molecule has 2 aromatic heterocycles. The first-order valence-corrected chi connectivity index (χ1v) is 8.43. The summed E-state index contributed by atoms with van der Waals surface area (Å²) in [6, 6.07) is 9.25. The molecule has 5 nitrogen and oxygen atoms in total. The summed E-state index contributed by atoms with van der Waals surface area (Å²) in [6.07, 6.45) is 3.34. The third-order valence-corrected chi connectivity index (χ3v) is 4.46. The van der Waals surface area contributed by atoms with Crippen LogP contribution in [0, 0.1) is 11.6 Å². The van der Waals surface area contributed by atoms with Crippen molar-refractivity contribution in [2.45, 2.75) is 12.6 Å². The van der Waals surface area contributed by atoms with E-state index >= 15 is 0 Å². The minimum Gasteiger partial charge on any atom is -0.378 e. The van der Waals surface area contributed by atoms with E-state index in [-0.39, 0.29) is 11.6 Å². The molecule has 7 heteroatoms. The number of ether oxygens (including phenoxy) is 1. The SMILES string of the molecule is Fc1ccc(-c2cnc(C3COCCN3Cc3ccccn3)[nH]2)c(F)c1. The molecule has 1 saturated heterocycles. The number of nitrogens with one attached hydrogen (secondary N) is 1. The minimum atomic E-state index is -0.620. The lowest BCUT2D eigenvalue weighted by atomic mass is 10.1. The number of aromatic nitrogens is 3. The van der Waals surface area contributed by atoms with Gasteiger partial charge >= 0.3 is 0 Å². The van der Waals surface area contributed by atoms with Crippen molar-refractivity contribution in [3.8, 4) is 11.3 Å². The molecular weight excluding hydrogens is 338 g/mol. The highest BCUT2D eigenvalue weighted by Gasteiger charge is 2.27. The zero-order chi connectivity index (χ0) is 17.9. The normalized spacial score (nSPS) is 18.2. The van der Waals surface area contributed by atoms with Gasteiger partial charge in [0.1, 0.15) is 17.5 Å². The van der Waals surface area contributed by atoms with E-state index in [1.807, 2.05) is 18.2 Å². The van der Waals surface area contributed by atoms with Gasteiger partial charge in [0.05, 0.1) is 36.8 Å². The smallest absolute Gasteiger partial charge is 0.135 e. The zero-order valence-electron chi connectivity index (χ0n) is 14.0. The standard InChI is InChI=1S/C19H18F2N4O/c20-13-4-5-15(16(21)9-13)17-10-23-19(24-17)18-12-26-8-7-25(18)11-14-3-1-2-6-22-14/h1-6,9-10,18H,7-8,11-12H2,(H,23,24). The largest absolute Gasteiger partial charge is 0.378 e. The van der Waals surface area contributed by atoms with Crippen LogP contribution >= 0.6 is 0 Å². The van der Waals surface area contributed by atoms with Gasteiger partial charge in [-0.1, -0.05) is 6.07 Å². The molecule has 1 fully saturated rings. The molecule has 1 unspecified atom stereocenters. The highest BCUT2D eigenvalue weighted by atomic mass is 19.1. The fourth-order valence-corrected chi connectivity index (χ4v) is 3.13. The quantitative estimate of drug-likeness (QED) is 0.779. The van der Waals surface area contributed by atoms with Crippen LogP contribution in [0.15, 0.2) is 48.8 Å². The average Bonchev–Trinajstić information content (AvgIpc) is 3.13. The van der Waals surface area contributed by atoms with Crippen LogP contribution in [0.5, 0.6) is 0 Å². The lowest BCUT2D eigenvalue weighted by Gasteiger charge is -2.34. The molecule has 0 amide bonds. The Bertz CT molecular complexity index is 884. The molecule has 4 rings (SSSR count). The highest BCUT2D eigenvalue weighted by molar-refractivity contribution is 5.59. The van der Waals surface area contributed by atoms with E-state index in [2.05, 4.69) is 19.9 Å². The van der Waals surface area contributed by atoms with Crippen molar-refractivity contribution < 1.29 is 13.5 Å².